The molecule has 25 heavy (non-hydrogen) atoms. The molecular weight excluding hydrogens is 316 g/mol. The molecular formula is C21H26O4. The molecule has 0 aliphatic carbocycles. The van der Waals surface area contributed by atoms with Crippen molar-refractivity contribution in [3.8, 4) is 17.2 Å². The minimum Gasteiger partial charge on any atom is -0.497 e. The number of methoxy groups -OCH3 is 3. The Morgan fingerprint density at radius 1 is 0.680 bits per heavy atom. The average Bonchev–Trinajstić information content (AvgIpc) is 2.96. The minimum atomic E-state index is 0.0295. The Morgan fingerprint density at radius 3 is 1.80 bits per heavy atom. The topological polar surface area (TPSA) is 36.9 Å². The average molecular weight is 342 g/mol. The van der Waals surface area contributed by atoms with Crippen LogP contribution in [0.2, 0.25) is 0 Å². The number of benzene rings is 2. The number of hydrogen-bond acceptors (Lipinski definition) is 4. The molecule has 2 aromatic rings. The Morgan fingerprint density at radius 2 is 1.24 bits per heavy atom. The van der Waals surface area contributed by atoms with Gasteiger partial charge in [-0.15, -0.1) is 0 Å². The number of ether oxygens (including phenoxy) is 4. The maximum atomic E-state index is 6.47. The van der Waals surface area contributed by atoms with Crippen LogP contribution in [-0.2, 0) is 4.74 Å². The predicted molar refractivity (Wildman–Crippen MR) is 97.4 cm³/mol. The van der Waals surface area contributed by atoms with E-state index in [9.17, 15) is 0 Å². The van der Waals surface area contributed by atoms with E-state index in [2.05, 4.69) is 32.0 Å². The molecule has 4 heteroatoms. The van der Waals surface area contributed by atoms with Crippen LogP contribution in [0.15, 0.2) is 42.5 Å². The zero-order valence-corrected chi connectivity index (χ0v) is 15.5. The van der Waals surface area contributed by atoms with Crippen LogP contribution in [0.5, 0.6) is 17.2 Å². The highest BCUT2D eigenvalue weighted by molar-refractivity contribution is 5.44. The van der Waals surface area contributed by atoms with E-state index in [0.717, 1.165) is 22.8 Å². The monoisotopic (exact) mass is 342 g/mol. The highest BCUT2D eigenvalue weighted by Crippen LogP contribution is 2.49. The molecule has 0 bridgehead atoms. The first kappa shape index (κ1) is 17.6. The zero-order valence-electron chi connectivity index (χ0n) is 15.5. The minimum absolute atomic E-state index is 0.0295. The standard InChI is InChI=1S/C21H26O4/c1-13-14(2)21(16-8-11-18(23-4)19(12-16)24-5)25-20(13)15-6-9-17(22-3)10-7-15/h6-14,20-21H,1-5H3/t13-,14-,20+,21-/m1/s1. The number of rotatable bonds is 5. The first-order valence-corrected chi connectivity index (χ1v) is 8.60. The van der Waals surface area contributed by atoms with Gasteiger partial charge in [0.25, 0.3) is 0 Å². The van der Waals surface area contributed by atoms with E-state index in [4.69, 9.17) is 18.9 Å². The van der Waals surface area contributed by atoms with Gasteiger partial charge in [-0.1, -0.05) is 32.0 Å². The molecule has 2 aromatic carbocycles. The van der Waals surface area contributed by atoms with E-state index < -0.39 is 0 Å². The fourth-order valence-corrected chi connectivity index (χ4v) is 3.54. The molecule has 0 unspecified atom stereocenters. The van der Waals surface area contributed by atoms with E-state index in [-0.39, 0.29) is 12.2 Å². The first-order chi connectivity index (χ1) is 12.1. The van der Waals surface area contributed by atoms with Gasteiger partial charge < -0.3 is 18.9 Å². The highest BCUT2D eigenvalue weighted by Gasteiger charge is 2.40. The predicted octanol–water partition coefficient (Wildman–Crippen LogP) is 4.80. The van der Waals surface area contributed by atoms with E-state index in [0.29, 0.717) is 11.8 Å². The second-order valence-electron chi connectivity index (χ2n) is 6.58. The molecule has 0 aromatic heterocycles. The summed E-state index contributed by atoms with van der Waals surface area (Å²) in [5, 5.41) is 0. The molecule has 3 rings (SSSR count). The van der Waals surface area contributed by atoms with Crippen molar-refractivity contribution in [1.82, 2.24) is 0 Å². The SMILES string of the molecule is COc1ccc([C@H]2O[C@@H](c3ccc(OC)c(OC)c3)[C@H](C)[C@H]2C)cc1. The van der Waals surface area contributed by atoms with E-state index in [1.807, 2.05) is 24.3 Å². The van der Waals surface area contributed by atoms with Crippen LogP contribution in [0, 0.1) is 11.8 Å². The van der Waals surface area contributed by atoms with Gasteiger partial charge in [0, 0.05) is 0 Å². The summed E-state index contributed by atoms with van der Waals surface area (Å²) in [7, 11) is 4.98. The second-order valence-corrected chi connectivity index (χ2v) is 6.58. The Hall–Kier alpha value is -2.20. The lowest BCUT2D eigenvalue weighted by molar-refractivity contribution is 0.0289. The summed E-state index contributed by atoms with van der Waals surface area (Å²) in [5.41, 5.74) is 2.30. The Labute approximate surface area is 149 Å². The molecule has 1 fully saturated rings. The molecule has 1 heterocycles. The smallest absolute Gasteiger partial charge is 0.161 e. The van der Waals surface area contributed by atoms with E-state index in [1.54, 1.807) is 21.3 Å². The third-order valence-electron chi connectivity index (χ3n) is 5.26. The molecule has 0 spiro atoms. The lowest BCUT2D eigenvalue weighted by Gasteiger charge is -2.18. The van der Waals surface area contributed by atoms with Crippen LogP contribution in [0.1, 0.15) is 37.2 Å². The van der Waals surface area contributed by atoms with Crippen LogP contribution in [0.3, 0.4) is 0 Å². The second kappa shape index (κ2) is 7.36. The molecule has 0 N–H and O–H groups in total. The van der Waals surface area contributed by atoms with Gasteiger partial charge in [0.1, 0.15) is 5.75 Å². The molecule has 0 radical (unpaired) electrons. The third-order valence-corrected chi connectivity index (χ3v) is 5.26. The van der Waals surface area contributed by atoms with Crippen molar-refractivity contribution >= 4 is 0 Å². The molecule has 0 amide bonds. The maximum Gasteiger partial charge on any atom is 0.161 e. The summed E-state index contributed by atoms with van der Waals surface area (Å²) in [4.78, 5) is 0. The van der Waals surface area contributed by atoms with Gasteiger partial charge in [0.2, 0.25) is 0 Å². The normalized spacial score (nSPS) is 25.6. The van der Waals surface area contributed by atoms with Gasteiger partial charge >= 0.3 is 0 Å². The summed E-state index contributed by atoms with van der Waals surface area (Å²) in [6, 6.07) is 14.2. The van der Waals surface area contributed by atoms with Gasteiger partial charge in [0.05, 0.1) is 33.5 Å². The fraction of sp³-hybridized carbons (Fsp3) is 0.429. The van der Waals surface area contributed by atoms with Gasteiger partial charge in [-0.2, -0.15) is 0 Å². The van der Waals surface area contributed by atoms with Crippen molar-refractivity contribution < 1.29 is 18.9 Å². The quantitative estimate of drug-likeness (QED) is 0.782. The van der Waals surface area contributed by atoms with Crippen LogP contribution < -0.4 is 14.2 Å². The summed E-state index contributed by atoms with van der Waals surface area (Å²) in [6.45, 7) is 4.50. The van der Waals surface area contributed by atoms with E-state index >= 15 is 0 Å². The third kappa shape index (κ3) is 3.31. The van der Waals surface area contributed by atoms with Crippen LogP contribution in [0.4, 0.5) is 0 Å². The van der Waals surface area contributed by atoms with Crippen LogP contribution in [0.25, 0.3) is 0 Å². The Bertz CT molecular complexity index is 710. The van der Waals surface area contributed by atoms with Gasteiger partial charge in [-0.3, -0.25) is 0 Å². The van der Waals surface area contributed by atoms with E-state index in [1.165, 1.54) is 5.56 Å². The molecule has 0 saturated carbocycles. The molecule has 134 valence electrons. The van der Waals surface area contributed by atoms with Crippen LogP contribution >= 0.6 is 0 Å². The molecule has 4 atom stereocenters. The maximum absolute atomic E-state index is 6.47. The summed E-state index contributed by atoms with van der Waals surface area (Å²) in [6.07, 6.45) is 0.0981. The Balaban J connectivity index is 1.86. The van der Waals surface area contributed by atoms with Crippen molar-refractivity contribution in [3.05, 3.63) is 53.6 Å². The van der Waals surface area contributed by atoms with Gasteiger partial charge in [-0.05, 0) is 47.2 Å². The van der Waals surface area contributed by atoms with Crippen molar-refractivity contribution in [2.45, 2.75) is 26.1 Å². The summed E-state index contributed by atoms with van der Waals surface area (Å²) < 4.78 is 22.5. The zero-order chi connectivity index (χ0) is 18.0. The van der Waals surface area contributed by atoms with Crippen molar-refractivity contribution in [3.63, 3.8) is 0 Å². The highest BCUT2D eigenvalue weighted by atomic mass is 16.5. The Kier molecular flexibility index (Phi) is 5.19. The molecule has 1 saturated heterocycles. The van der Waals surface area contributed by atoms with Crippen molar-refractivity contribution in [2.24, 2.45) is 11.8 Å². The molecule has 4 nitrogen and oxygen atoms in total. The molecule has 1 aliphatic heterocycles. The number of hydrogen-bond donors (Lipinski definition) is 0. The van der Waals surface area contributed by atoms with Gasteiger partial charge in [-0.25, -0.2) is 0 Å². The van der Waals surface area contributed by atoms with Crippen molar-refractivity contribution in [1.29, 1.82) is 0 Å². The largest absolute Gasteiger partial charge is 0.497 e. The lowest BCUT2D eigenvalue weighted by atomic mass is 9.85. The van der Waals surface area contributed by atoms with Crippen molar-refractivity contribution in [2.75, 3.05) is 21.3 Å². The lowest BCUT2D eigenvalue weighted by Crippen LogP contribution is -2.10. The fourth-order valence-electron chi connectivity index (χ4n) is 3.54. The summed E-state index contributed by atoms with van der Waals surface area (Å²) in [5.74, 6) is 3.13. The van der Waals surface area contributed by atoms with Crippen LogP contribution in [-0.4, -0.2) is 21.3 Å². The first-order valence-electron chi connectivity index (χ1n) is 8.60. The van der Waals surface area contributed by atoms with Gasteiger partial charge in [0.15, 0.2) is 11.5 Å². The summed E-state index contributed by atoms with van der Waals surface area (Å²) >= 11 is 0. The molecule has 1 aliphatic rings.